The molecule has 2 nitrogen and oxygen atoms in total. The molecule has 90 valence electrons. The molecule has 0 aromatic rings. The van der Waals surface area contributed by atoms with Gasteiger partial charge in [0.15, 0.2) is 0 Å². The molecule has 0 radical (unpaired) electrons. The third-order valence-electron chi connectivity index (χ3n) is 2.26. The summed E-state index contributed by atoms with van der Waals surface area (Å²) in [5, 5.41) is 0. The van der Waals surface area contributed by atoms with Crippen LogP contribution in [-0.2, 0) is 9.53 Å². The first-order valence-electron chi connectivity index (χ1n) is 5.96. The summed E-state index contributed by atoms with van der Waals surface area (Å²) < 4.78 is 5.69. The van der Waals surface area contributed by atoms with Gasteiger partial charge >= 0.3 is 5.97 Å². The molecule has 0 bridgehead atoms. The van der Waals surface area contributed by atoms with E-state index in [0.29, 0.717) is 17.0 Å². The van der Waals surface area contributed by atoms with Gasteiger partial charge in [0.05, 0.1) is 6.61 Å². The second kappa shape index (κ2) is 10.7. The lowest BCUT2D eigenvalue weighted by Crippen LogP contribution is -2.07. The van der Waals surface area contributed by atoms with Crippen molar-refractivity contribution in [1.82, 2.24) is 0 Å². The molecule has 0 saturated heterocycles. The maximum Gasteiger partial charge on any atom is 0.305 e. The Labute approximate surface area is 107 Å². The van der Waals surface area contributed by atoms with Gasteiger partial charge in [0.1, 0.15) is 0 Å². The standard InChI is InChI=1S/C12H23IO2/c1-3-4-5-6-7-10-15-12(14)9-8-11(2)13/h11H,3-10H2,1-2H3. The number of esters is 1. The van der Waals surface area contributed by atoms with Crippen LogP contribution in [0, 0.1) is 0 Å². The monoisotopic (exact) mass is 326 g/mol. The average molecular weight is 326 g/mol. The molecule has 15 heavy (non-hydrogen) atoms. The highest BCUT2D eigenvalue weighted by atomic mass is 127. The van der Waals surface area contributed by atoms with Gasteiger partial charge in [-0.15, -0.1) is 0 Å². The first kappa shape index (κ1) is 15.2. The van der Waals surface area contributed by atoms with Gasteiger partial charge in [-0.3, -0.25) is 4.79 Å². The summed E-state index contributed by atoms with van der Waals surface area (Å²) in [6.45, 7) is 4.92. The summed E-state index contributed by atoms with van der Waals surface area (Å²) in [5.74, 6) is -0.0333. The molecular weight excluding hydrogens is 303 g/mol. The minimum atomic E-state index is -0.0333. The van der Waals surface area contributed by atoms with Gasteiger partial charge in [-0.25, -0.2) is 0 Å². The summed E-state index contributed by atoms with van der Waals surface area (Å²) in [6, 6.07) is 0. The third kappa shape index (κ3) is 12.1. The quantitative estimate of drug-likeness (QED) is 0.276. The maximum absolute atomic E-state index is 11.2. The van der Waals surface area contributed by atoms with Gasteiger partial charge in [-0.2, -0.15) is 0 Å². The van der Waals surface area contributed by atoms with E-state index in [1.54, 1.807) is 0 Å². The van der Waals surface area contributed by atoms with E-state index in [1.807, 2.05) is 0 Å². The topological polar surface area (TPSA) is 26.3 Å². The smallest absolute Gasteiger partial charge is 0.305 e. The number of hydrogen-bond donors (Lipinski definition) is 0. The lowest BCUT2D eigenvalue weighted by atomic mass is 10.2. The molecule has 0 heterocycles. The fourth-order valence-electron chi connectivity index (χ4n) is 1.28. The van der Waals surface area contributed by atoms with Gasteiger partial charge < -0.3 is 4.74 Å². The zero-order chi connectivity index (χ0) is 11.5. The van der Waals surface area contributed by atoms with Crippen molar-refractivity contribution in [1.29, 1.82) is 0 Å². The summed E-state index contributed by atoms with van der Waals surface area (Å²) in [5.41, 5.74) is 0. The van der Waals surface area contributed by atoms with E-state index < -0.39 is 0 Å². The molecule has 0 N–H and O–H groups in total. The highest BCUT2D eigenvalue weighted by Gasteiger charge is 2.04. The Morgan fingerprint density at radius 3 is 2.53 bits per heavy atom. The van der Waals surface area contributed by atoms with Crippen LogP contribution in [-0.4, -0.2) is 16.5 Å². The fraction of sp³-hybridized carbons (Fsp3) is 0.917. The Bertz CT molecular complexity index is 158. The molecule has 0 aliphatic rings. The molecule has 0 saturated carbocycles. The molecule has 0 fully saturated rings. The summed E-state index contributed by atoms with van der Waals surface area (Å²) >= 11 is 2.33. The van der Waals surface area contributed by atoms with Crippen LogP contribution in [0.1, 0.15) is 58.8 Å². The molecule has 0 rings (SSSR count). The van der Waals surface area contributed by atoms with Crippen molar-refractivity contribution >= 4 is 28.6 Å². The zero-order valence-electron chi connectivity index (χ0n) is 9.93. The summed E-state index contributed by atoms with van der Waals surface area (Å²) in [4.78, 5) is 11.2. The van der Waals surface area contributed by atoms with Gasteiger partial charge in [0.2, 0.25) is 0 Å². The van der Waals surface area contributed by atoms with Crippen LogP contribution in [0.25, 0.3) is 0 Å². The molecule has 3 heteroatoms. The Balaban J connectivity index is 3.17. The van der Waals surface area contributed by atoms with Crippen molar-refractivity contribution < 1.29 is 9.53 Å². The highest BCUT2D eigenvalue weighted by molar-refractivity contribution is 14.1. The van der Waals surface area contributed by atoms with Crippen LogP contribution >= 0.6 is 22.6 Å². The van der Waals surface area contributed by atoms with Crippen LogP contribution < -0.4 is 0 Å². The van der Waals surface area contributed by atoms with Crippen LogP contribution in [0.2, 0.25) is 0 Å². The average Bonchev–Trinajstić information content (AvgIpc) is 2.20. The van der Waals surface area contributed by atoms with Crippen LogP contribution in [0.4, 0.5) is 0 Å². The molecule has 0 aromatic carbocycles. The molecule has 0 aliphatic heterocycles. The van der Waals surface area contributed by atoms with E-state index in [1.165, 1.54) is 25.7 Å². The number of halogens is 1. The van der Waals surface area contributed by atoms with E-state index in [9.17, 15) is 4.79 Å². The van der Waals surface area contributed by atoms with E-state index in [2.05, 4.69) is 36.4 Å². The SMILES string of the molecule is CCCCCCCOC(=O)CCC(C)I. The number of alkyl halides is 1. The van der Waals surface area contributed by atoms with Gasteiger partial charge in [0.25, 0.3) is 0 Å². The molecule has 0 aromatic heterocycles. The number of unbranched alkanes of at least 4 members (excludes halogenated alkanes) is 4. The first-order chi connectivity index (χ1) is 7.16. The van der Waals surface area contributed by atoms with Gasteiger partial charge in [-0.05, 0) is 12.8 Å². The number of hydrogen-bond acceptors (Lipinski definition) is 2. The van der Waals surface area contributed by atoms with Crippen molar-refractivity contribution in [2.45, 2.75) is 62.7 Å². The summed E-state index contributed by atoms with van der Waals surface area (Å²) in [7, 11) is 0. The van der Waals surface area contributed by atoms with Crippen LogP contribution in [0.15, 0.2) is 0 Å². The largest absolute Gasteiger partial charge is 0.466 e. The van der Waals surface area contributed by atoms with Gasteiger partial charge in [0, 0.05) is 10.3 Å². The molecular formula is C12H23IO2. The highest BCUT2D eigenvalue weighted by Crippen LogP contribution is 2.08. The Kier molecular flexibility index (Phi) is 10.9. The van der Waals surface area contributed by atoms with E-state index in [-0.39, 0.29) is 5.97 Å². The second-order valence-electron chi connectivity index (χ2n) is 3.95. The zero-order valence-corrected chi connectivity index (χ0v) is 12.1. The molecule has 0 aliphatic carbocycles. The van der Waals surface area contributed by atoms with E-state index in [4.69, 9.17) is 4.74 Å². The lowest BCUT2D eigenvalue weighted by Gasteiger charge is -2.05. The van der Waals surface area contributed by atoms with Crippen molar-refractivity contribution in [3.63, 3.8) is 0 Å². The molecule has 1 atom stereocenters. The number of ether oxygens (including phenoxy) is 1. The predicted octanol–water partition coefficient (Wildman–Crippen LogP) is 4.10. The van der Waals surface area contributed by atoms with E-state index in [0.717, 1.165) is 12.8 Å². The minimum Gasteiger partial charge on any atom is -0.466 e. The lowest BCUT2D eigenvalue weighted by molar-refractivity contribution is -0.143. The van der Waals surface area contributed by atoms with E-state index >= 15 is 0 Å². The Morgan fingerprint density at radius 1 is 1.27 bits per heavy atom. The van der Waals surface area contributed by atoms with Crippen molar-refractivity contribution in [3.05, 3.63) is 0 Å². The minimum absolute atomic E-state index is 0.0333. The maximum atomic E-state index is 11.2. The predicted molar refractivity (Wildman–Crippen MR) is 72.4 cm³/mol. The normalized spacial score (nSPS) is 12.5. The fourth-order valence-corrected chi connectivity index (χ4v) is 1.59. The third-order valence-corrected chi connectivity index (χ3v) is 2.88. The molecule has 0 amide bonds. The number of carbonyl (C=O) groups is 1. The first-order valence-corrected chi connectivity index (χ1v) is 7.21. The second-order valence-corrected chi connectivity index (χ2v) is 6.08. The molecule has 1 unspecified atom stereocenters. The Hall–Kier alpha value is 0.200. The number of carbonyl (C=O) groups excluding carboxylic acids is 1. The van der Waals surface area contributed by atoms with Crippen molar-refractivity contribution in [3.8, 4) is 0 Å². The molecule has 0 spiro atoms. The van der Waals surface area contributed by atoms with Crippen molar-refractivity contribution in [2.75, 3.05) is 6.61 Å². The van der Waals surface area contributed by atoms with Crippen molar-refractivity contribution in [2.24, 2.45) is 0 Å². The Morgan fingerprint density at radius 2 is 1.93 bits per heavy atom. The van der Waals surface area contributed by atoms with Crippen LogP contribution in [0.3, 0.4) is 0 Å². The van der Waals surface area contributed by atoms with Crippen LogP contribution in [0.5, 0.6) is 0 Å². The number of rotatable bonds is 9. The summed E-state index contributed by atoms with van der Waals surface area (Å²) in [6.07, 6.45) is 7.51. The van der Waals surface area contributed by atoms with Gasteiger partial charge in [-0.1, -0.05) is 62.1 Å².